The van der Waals surface area contributed by atoms with Gasteiger partial charge in [0.05, 0.1) is 11.9 Å². The average molecular weight is 265 g/mol. The van der Waals surface area contributed by atoms with Crippen molar-refractivity contribution in [3.8, 4) is 0 Å². The van der Waals surface area contributed by atoms with Gasteiger partial charge < -0.3 is 10.1 Å². The van der Waals surface area contributed by atoms with E-state index in [1.807, 2.05) is 6.92 Å². The summed E-state index contributed by atoms with van der Waals surface area (Å²) in [5.41, 5.74) is -0.0148. The van der Waals surface area contributed by atoms with Gasteiger partial charge in [0.2, 0.25) is 0 Å². The first-order valence-electron chi connectivity index (χ1n) is 6.05. The predicted octanol–water partition coefficient (Wildman–Crippen LogP) is 1.46. The molecule has 0 bridgehead atoms. The number of sulfone groups is 1. The van der Waals surface area contributed by atoms with Crippen LogP contribution in [0.15, 0.2) is 0 Å². The molecular formula is C12H27NO3S. The summed E-state index contributed by atoms with van der Waals surface area (Å²) in [5.74, 6) is 0.195. The predicted molar refractivity (Wildman–Crippen MR) is 72.0 cm³/mol. The van der Waals surface area contributed by atoms with Gasteiger partial charge in [-0.15, -0.1) is 0 Å². The van der Waals surface area contributed by atoms with Crippen LogP contribution in [0.3, 0.4) is 0 Å². The Kier molecular flexibility index (Phi) is 6.66. The lowest BCUT2D eigenvalue weighted by Crippen LogP contribution is -2.48. The van der Waals surface area contributed by atoms with Crippen LogP contribution in [0.2, 0.25) is 0 Å². The molecule has 0 saturated heterocycles. The second-order valence-corrected chi connectivity index (χ2v) is 7.86. The van der Waals surface area contributed by atoms with Gasteiger partial charge in [0.1, 0.15) is 9.84 Å². The molecule has 1 N–H and O–H groups in total. The first-order chi connectivity index (χ1) is 7.61. The van der Waals surface area contributed by atoms with Gasteiger partial charge in [0, 0.05) is 19.4 Å². The van der Waals surface area contributed by atoms with Crippen molar-refractivity contribution in [2.75, 3.05) is 25.7 Å². The zero-order valence-corrected chi connectivity index (χ0v) is 12.7. The number of rotatable bonds is 7. The Labute approximate surface area is 106 Å². The SMILES string of the molecule is CCNC(CCS(C)(=O)=O)C(OC)C(C)(C)C. The second kappa shape index (κ2) is 6.71. The summed E-state index contributed by atoms with van der Waals surface area (Å²) in [4.78, 5) is 0. The Morgan fingerprint density at radius 3 is 2.12 bits per heavy atom. The van der Waals surface area contributed by atoms with Gasteiger partial charge in [-0.3, -0.25) is 0 Å². The van der Waals surface area contributed by atoms with Gasteiger partial charge in [0.25, 0.3) is 0 Å². The lowest BCUT2D eigenvalue weighted by molar-refractivity contribution is -0.0114. The van der Waals surface area contributed by atoms with Gasteiger partial charge in [-0.2, -0.15) is 0 Å². The fourth-order valence-corrected chi connectivity index (χ4v) is 2.77. The fourth-order valence-electron chi connectivity index (χ4n) is 2.09. The molecule has 0 aromatic heterocycles. The third-order valence-electron chi connectivity index (χ3n) is 2.74. The molecule has 0 rings (SSSR count). The molecule has 0 aromatic carbocycles. The molecule has 0 aliphatic rings. The van der Waals surface area contributed by atoms with Crippen molar-refractivity contribution in [3.63, 3.8) is 0 Å². The first-order valence-corrected chi connectivity index (χ1v) is 8.11. The van der Waals surface area contributed by atoms with E-state index in [2.05, 4.69) is 26.1 Å². The average Bonchev–Trinajstić information content (AvgIpc) is 2.11. The Hall–Kier alpha value is -0.130. The zero-order valence-electron chi connectivity index (χ0n) is 11.9. The largest absolute Gasteiger partial charge is 0.379 e. The fraction of sp³-hybridized carbons (Fsp3) is 1.00. The number of hydrogen-bond donors (Lipinski definition) is 1. The van der Waals surface area contributed by atoms with Crippen LogP contribution in [-0.4, -0.2) is 46.2 Å². The molecule has 0 aromatic rings. The Balaban J connectivity index is 4.70. The molecule has 0 aliphatic carbocycles. The summed E-state index contributed by atoms with van der Waals surface area (Å²) >= 11 is 0. The number of methoxy groups -OCH3 is 1. The van der Waals surface area contributed by atoms with Crippen LogP contribution >= 0.6 is 0 Å². The summed E-state index contributed by atoms with van der Waals surface area (Å²) in [6, 6.07) is 0.0692. The molecule has 5 heteroatoms. The highest BCUT2D eigenvalue weighted by Crippen LogP contribution is 2.26. The number of hydrogen-bond acceptors (Lipinski definition) is 4. The minimum absolute atomic E-state index is 0.00389. The third kappa shape index (κ3) is 7.01. The Bertz CT molecular complexity index is 306. The molecule has 17 heavy (non-hydrogen) atoms. The summed E-state index contributed by atoms with van der Waals surface area (Å²) in [5, 5.41) is 3.32. The smallest absolute Gasteiger partial charge is 0.147 e. The van der Waals surface area contributed by atoms with Crippen molar-refractivity contribution in [2.24, 2.45) is 5.41 Å². The van der Waals surface area contributed by atoms with Gasteiger partial charge in [0.15, 0.2) is 0 Å². The van der Waals surface area contributed by atoms with E-state index >= 15 is 0 Å². The van der Waals surface area contributed by atoms with E-state index in [0.29, 0.717) is 6.42 Å². The van der Waals surface area contributed by atoms with E-state index in [0.717, 1.165) is 6.54 Å². The lowest BCUT2D eigenvalue weighted by atomic mass is 9.83. The highest BCUT2D eigenvalue weighted by Gasteiger charge is 2.32. The van der Waals surface area contributed by atoms with Gasteiger partial charge in [-0.1, -0.05) is 27.7 Å². The molecule has 4 nitrogen and oxygen atoms in total. The van der Waals surface area contributed by atoms with E-state index < -0.39 is 9.84 Å². The van der Waals surface area contributed by atoms with Crippen LogP contribution in [-0.2, 0) is 14.6 Å². The normalized spacial score (nSPS) is 16.8. The molecule has 0 fully saturated rings. The van der Waals surface area contributed by atoms with Crippen LogP contribution < -0.4 is 5.32 Å². The third-order valence-corrected chi connectivity index (χ3v) is 3.72. The topological polar surface area (TPSA) is 55.4 Å². The van der Waals surface area contributed by atoms with E-state index in [1.165, 1.54) is 6.26 Å². The van der Waals surface area contributed by atoms with Crippen LogP contribution in [0.1, 0.15) is 34.1 Å². The standard InChI is InChI=1S/C12H27NO3S/c1-7-13-10(8-9-17(6,14)15)11(16-5)12(2,3)4/h10-11,13H,7-9H2,1-6H3. The van der Waals surface area contributed by atoms with Crippen molar-refractivity contribution in [1.29, 1.82) is 0 Å². The van der Waals surface area contributed by atoms with E-state index in [-0.39, 0.29) is 23.3 Å². The lowest BCUT2D eigenvalue weighted by Gasteiger charge is -2.36. The quantitative estimate of drug-likeness (QED) is 0.757. The summed E-state index contributed by atoms with van der Waals surface area (Å²) in [7, 11) is -1.24. The Morgan fingerprint density at radius 1 is 1.29 bits per heavy atom. The van der Waals surface area contributed by atoms with Crippen LogP contribution in [0.5, 0.6) is 0 Å². The van der Waals surface area contributed by atoms with E-state index in [1.54, 1.807) is 7.11 Å². The van der Waals surface area contributed by atoms with Gasteiger partial charge in [-0.05, 0) is 18.4 Å². The molecule has 0 saturated carbocycles. The van der Waals surface area contributed by atoms with Gasteiger partial charge in [-0.25, -0.2) is 8.42 Å². The van der Waals surface area contributed by atoms with E-state index in [4.69, 9.17) is 4.74 Å². The van der Waals surface area contributed by atoms with E-state index in [9.17, 15) is 8.42 Å². The molecule has 0 amide bonds. The molecule has 0 spiro atoms. The maximum Gasteiger partial charge on any atom is 0.147 e. The molecule has 0 radical (unpaired) electrons. The first kappa shape index (κ1) is 16.9. The van der Waals surface area contributed by atoms with Crippen molar-refractivity contribution in [3.05, 3.63) is 0 Å². The van der Waals surface area contributed by atoms with Gasteiger partial charge >= 0.3 is 0 Å². The molecule has 2 unspecified atom stereocenters. The number of nitrogens with one attached hydrogen (secondary N) is 1. The van der Waals surface area contributed by atoms with Crippen LogP contribution in [0, 0.1) is 5.41 Å². The summed E-state index contributed by atoms with van der Waals surface area (Å²) in [6.07, 6.45) is 1.86. The zero-order chi connectivity index (χ0) is 13.7. The van der Waals surface area contributed by atoms with Crippen molar-refractivity contribution in [2.45, 2.75) is 46.3 Å². The minimum atomic E-state index is -2.92. The molecule has 0 aliphatic heterocycles. The molecule has 2 atom stereocenters. The molecule has 104 valence electrons. The number of ether oxygens (including phenoxy) is 1. The number of likely N-dealkylation sites (N-methyl/N-ethyl adjacent to an activating group) is 1. The molecule has 0 heterocycles. The monoisotopic (exact) mass is 265 g/mol. The maximum atomic E-state index is 11.2. The highest BCUT2D eigenvalue weighted by atomic mass is 32.2. The second-order valence-electron chi connectivity index (χ2n) is 5.61. The summed E-state index contributed by atoms with van der Waals surface area (Å²) in [6.45, 7) is 9.14. The Morgan fingerprint density at radius 2 is 1.82 bits per heavy atom. The van der Waals surface area contributed by atoms with Crippen molar-refractivity contribution >= 4 is 9.84 Å². The maximum absolute atomic E-state index is 11.2. The van der Waals surface area contributed by atoms with Crippen LogP contribution in [0.25, 0.3) is 0 Å². The van der Waals surface area contributed by atoms with Crippen molar-refractivity contribution < 1.29 is 13.2 Å². The molecular weight excluding hydrogens is 238 g/mol. The van der Waals surface area contributed by atoms with Crippen LogP contribution in [0.4, 0.5) is 0 Å². The highest BCUT2D eigenvalue weighted by molar-refractivity contribution is 7.90. The van der Waals surface area contributed by atoms with Crippen molar-refractivity contribution in [1.82, 2.24) is 5.32 Å². The minimum Gasteiger partial charge on any atom is -0.379 e. The summed E-state index contributed by atoms with van der Waals surface area (Å²) < 4.78 is 28.0.